The summed E-state index contributed by atoms with van der Waals surface area (Å²) in [7, 11) is 1.58. The number of ether oxygens (including phenoxy) is 1. The number of carbonyl (C=O) groups excluding carboxylic acids is 2. The van der Waals surface area contributed by atoms with Crippen molar-refractivity contribution in [2.45, 2.75) is 25.7 Å². The van der Waals surface area contributed by atoms with Gasteiger partial charge in [0.25, 0.3) is 11.8 Å². The second-order valence-electron chi connectivity index (χ2n) is 8.08. The molecule has 32 heavy (non-hydrogen) atoms. The van der Waals surface area contributed by atoms with Crippen molar-refractivity contribution in [2.75, 3.05) is 43.6 Å². The quantitative estimate of drug-likeness (QED) is 0.499. The lowest BCUT2D eigenvalue weighted by Gasteiger charge is -2.28. The lowest BCUT2D eigenvalue weighted by Crippen LogP contribution is -2.33. The molecule has 2 aliphatic heterocycles. The summed E-state index contributed by atoms with van der Waals surface area (Å²) in [6.45, 7) is 2.81. The first kappa shape index (κ1) is 22.0. The number of nitrogens with zero attached hydrogens (tertiary/aromatic N) is 2. The zero-order valence-electron chi connectivity index (χ0n) is 18.3. The van der Waals surface area contributed by atoms with E-state index in [0.29, 0.717) is 18.6 Å². The number of halogens is 1. The second-order valence-corrected chi connectivity index (χ2v) is 8.08. The number of benzene rings is 2. The largest absolute Gasteiger partial charge is 0.385 e. The van der Waals surface area contributed by atoms with Crippen LogP contribution >= 0.6 is 0 Å². The Hall–Kier alpha value is -3.19. The van der Waals surface area contributed by atoms with Gasteiger partial charge in [-0.1, -0.05) is 12.1 Å². The molecule has 0 aromatic heterocycles. The number of methoxy groups -OCH3 is 1. The number of amides is 2. The minimum absolute atomic E-state index is 0.213. The average molecular weight is 438 g/mol. The molecule has 2 aromatic rings. The number of carbonyl (C=O) groups is 2. The van der Waals surface area contributed by atoms with E-state index < -0.39 is 5.82 Å². The molecule has 0 unspecified atom stereocenters. The van der Waals surface area contributed by atoms with Gasteiger partial charge in [-0.15, -0.1) is 0 Å². The van der Waals surface area contributed by atoms with Crippen molar-refractivity contribution in [1.82, 2.24) is 4.90 Å². The molecule has 0 aliphatic carbocycles. The van der Waals surface area contributed by atoms with Crippen LogP contribution in [0.15, 0.2) is 54.2 Å². The number of imide groups is 1. The summed E-state index contributed by atoms with van der Waals surface area (Å²) >= 11 is 0. The smallest absolute Gasteiger partial charge is 0.278 e. The second kappa shape index (κ2) is 9.96. The minimum atomic E-state index is -0.397. The van der Waals surface area contributed by atoms with Crippen LogP contribution in [-0.2, 0) is 14.3 Å². The first-order chi connectivity index (χ1) is 15.6. The molecule has 0 saturated carbocycles. The van der Waals surface area contributed by atoms with Crippen LogP contribution in [0.5, 0.6) is 0 Å². The summed E-state index contributed by atoms with van der Waals surface area (Å²) in [5, 5.41) is 3.16. The standard InChI is InChI=1S/C25H28FN3O3/c1-32-17-5-16-29-24(30)22(18-6-8-19(26)9-7-18)23(25(29)31)27-20-10-12-21(13-11-20)28-14-3-2-4-15-28/h6-13,27H,2-5,14-17H2,1H3. The van der Waals surface area contributed by atoms with Gasteiger partial charge in [-0.25, -0.2) is 4.39 Å². The lowest BCUT2D eigenvalue weighted by molar-refractivity contribution is -0.136. The molecular weight excluding hydrogens is 409 g/mol. The summed E-state index contributed by atoms with van der Waals surface area (Å²) in [5.41, 5.74) is 2.85. The first-order valence-corrected chi connectivity index (χ1v) is 11.1. The Morgan fingerprint density at radius 1 is 0.938 bits per heavy atom. The lowest BCUT2D eigenvalue weighted by atomic mass is 10.0. The molecule has 2 heterocycles. The number of hydrogen-bond donors (Lipinski definition) is 1. The number of piperidine rings is 1. The fourth-order valence-electron chi connectivity index (χ4n) is 4.20. The van der Waals surface area contributed by atoms with Crippen LogP contribution < -0.4 is 10.2 Å². The molecule has 7 heteroatoms. The number of hydrogen-bond acceptors (Lipinski definition) is 5. The van der Waals surface area contributed by atoms with E-state index in [2.05, 4.69) is 10.2 Å². The van der Waals surface area contributed by atoms with Gasteiger partial charge in [0.1, 0.15) is 11.5 Å². The van der Waals surface area contributed by atoms with Gasteiger partial charge in [0.05, 0.1) is 5.57 Å². The van der Waals surface area contributed by atoms with Crippen LogP contribution in [0.25, 0.3) is 5.57 Å². The van der Waals surface area contributed by atoms with Crippen molar-refractivity contribution >= 4 is 28.8 Å². The molecule has 0 radical (unpaired) electrons. The van der Waals surface area contributed by atoms with Crippen molar-refractivity contribution in [1.29, 1.82) is 0 Å². The molecule has 6 nitrogen and oxygen atoms in total. The highest BCUT2D eigenvalue weighted by molar-refractivity contribution is 6.36. The highest BCUT2D eigenvalue weighted by Crippen LogP contribution is 2.31. The van der Waals surface area contributed by atoms with E-state index in [9.17, 15) is 14.0 Å². The number of nitrogens with one attached hydrogen (secondary N) is 1. The summed E-state index contributed by atoms with van der Waals surface area (Å²) in [6, 6.07) is 13.5. The third-order valence-corrected chi connectivity index (χ3v) is 5.89. The van der Waals surface area contributed by atoms with Crippen LogP contribution in [0.3, 0.4) is 0 Å². The molecule has 2 amide bonds. The van der Waals surface area contributed by atoms with Crippen molar-refractivity contribution < 1.29 is 18.7 Å². The number of anilines is 2. The van der Waals surface area contributed by atoms with E-state index in [1.807, 2.05) is 24.3 Å². The van der Waals surface area contributed by atoms with Crippen LogP contribution in [0.4, 0.5) is 15.8 Å². The fourth-order valence-corrected chi connectivity index (χ4v) is 4.20. The Bertz CT molecular complexity index is 996. The Balaban J connectivity index is 1.60. The van der Waals surface area contributed by atoms with Gasteiger partial charge < -0.3 is 15.0 Å². The summed E-state index contributed by atoms with van der Waals surface area (Å²) in [6.07, 6.45) is 4.21. The summed E-state index contributed by atoms with van der Waals surface area (Å²) in [4.78, 5) is 29.8. The summed E-state index contributed by atoms with van der Waals surface area (Å²) in [5.74, 6) is -1.17. The predicted molar refractivity (Wildman–Crippen MR) is 123 cm³/mol. The van der Waals surface area contributed by atoms with E-state index in [0.717, 1.165) is 24.5 Å². The van der Waals surface area contributed by atoms with Crippen LogP contribution in [-0.4, -0.2) is 50.1 Å². The molecule has 0 spiro atoms. The molecule has 168 valence electrons. The molecule has 2 aliphatic rings. The molecular formula is C25H28FN3O3. The van der Waals surface area contributed by atoms with E-state index in [-0.39, 0.29) is 29.6 Å². The van der Waals surface area contributed by atoms with Crippen molar-refractivity contribution in [3.8, 4) is 0 Å². The fraction of sp³-hybridized carbons (Fsp3) is 0.360. The zero-order valence-corrected chi connectivity index (χ0v) is 18.3. The maximum Gasteiger partial charge on any atom is 0.278 e. The minimum Gasteiger partial charge on any atom is -0.385 e. The average Bonchev–Trinajstić information content (AvgIpc) is 3.05. The Morgan fingerprint density at radius 2 is 1.62 bits per heavy atom. The SMILES string of the molecule is COCCCN1C(=O)C(Nc2ccc(N3CCCCC3)cc2)=C(c2ccc(F)cc2)C1=O. The zero-order chi connectivity index (χ0) is 22.5. The molecule has 0 atom stereocenters. The molecule has 4 rings (SSSR count). The van der Waals surface area contributed by atoms with Gasteiger partial charge >= 0.3 is 0 Å². The Morgan fingerprint density at radius 3 is 2.28 bits per heavy atom. The third kappa shape index (κ3) is 4.67. The molecule has 0 bridgehead atoms. The maximum absolute atomic E-state index is 13.5. The Kier molecular flexibility index (Phi) is 6.85. The van der Waals surface area contributed by atoms with Crippen LogP contribution in [0, 0.1) is 5.82 Å². The van der Waals surface area contributed by atoms with Gasteiger partial charge in [-0.05, 0) is 67.6 Å². The van der Waals surface area contributed by atoms with Gasteiger partial charge in [-0.3, -0.25) is 14.5 Å². The normalized spacial score (nSPS) is 16.8. The first-order valence-electron chi connectivity index (χ1n) is 11.1. The van der Waals surface area contributed by atoms with E-state index in [1.165, 1.54) is 48.4 Å². The van der Waals surface area contributed by atoms with Gasteiger partial charge in [0, 0.05) is 44.7 Å². The highest BCUT2D eigenvalue weighted by atomic mass is 19.1. The molecule has 1 fully saturated rings. The number of rotatable bonds is 8. The van der Waals surface area contributed by atoms with Gasteiger partial charge in [0.15, 0.2) is 0 Å². The molecule has 2 aromatic carbocycles. The van der Waals surface area contributed by atoms with Crippen LogP contribution in [0.2, 0.25) is 0 Å². The van der Waals surface area contributed by atoms with Crippen molar-refractivity contribution in [2.24, 2.45) is 0 Å². The van der Waals surface area contributed by atoms with Crippen LogP contribution in [0.1, 0.15) is 31.2 Å². The van der Waals surface area contributed by atoms with E-state index >= 15 is 0 Å². The maximum atomic E-state index is 13.5. The third-order valence-electron chi connectivity index (χ3n) is 5.89. The summed E-state index contributed by atoms with van der Waals surface area (Å²) < 4.78 is 18.5. The molecule has 1 saturated heterocycles. The monoisotopic (exact) mass is 437 g/mol. The topological polar surface area (TPSA) is 61.9 Å². The Labute approximate surface area is 187 Å². The van der Waals surface area contributed by atoms with Crippen molar-refractivity contribution in [3.63, 3.8) is 0 Å². The van der Waals surface area contributed by atoms with Gasteiger partial charge in [0.2, 0.25) is 0 Å². The van der Waals surface area contributed by atoms with Crippen molar-refractivity contribution in [3.05, 3.63) is 65.6 Å². The predicted octanol–water partition coefficient (Wildman–Crippen LogP) is 4.04. The van der Waals surface area contributed by atoms with E-state index in [1.54, 1.807) is 7.11 Å². The highest BCUT2D eigenvalue weighted by Gasteiger charge is 2.38. The van der Waals surface area contributed by atoms with Gasteiger partial charge in [-0.2, -0.15) is 0 Å². The molecule has 1 N–H and O–H groups in total. The van der Waals surface area contributed by atoms with E-state index in [4.69, 9.17) is 4.74 Å².